The van der Waals surface area contributed by atoms with Crippen LogP contribution in [0.5, 0.6) is 0 Å². The molecule has 0 saturated carbocycles. The molecule has 0 N–H and O–H groups in total. The van der Waals surface area contributed by atoms with E-state index in [4.69, 9.17) is 0 Å². The van der Waals surface area contributed by atoms with Crippen molar-refractivity contribution in [1.29, 1.82) is 0 Å². The highest BCUT2D eigenvalue weighted by Crippen LogP contribution is 2.53. The maximum atomic E-state index is 2.57. The van der Waals surface area contributed by atoms with Gasteiger partial charge in [-0.05, 0) is 57.1 Å². The van der Waals surface area contributed by atoms with Crippen LogP contribution in [0.1, 0.15) is 49.9 Å². The average molecular weight is 326 g/mol. The molecular formula is C24H27B. The highest BCUT2D eigenvalue weighted by molar-refractivity contribution is 6.75. The fraction of sp³-hybridized carbons (Fsp3) is 0.417. The molecule has 0 radical (unpaired) electrons. The molecule has 0 bridgehead atoms. The summed E-state index contributed by atoms with van der Waals surface area (Å²) in [6.45, 7) is 10.6. The lowest BCUT2D eigenvalue weighted by Crippen LogP contribution is -2.32. The minimum Gasteiger partial charge on any atom is -0.0795 e. The first-order valence-electron chi connectivity index (χ1n) is 9.81. The summed E-state index contributed by atoms with van der Waals surface area (Å²) in [6, 6.07) is 11.6. The molecule has 1 heterocycles. The second-order valence-corrected chi connectivity index (χ2v) is 9.71. The van der Waals surface area contributed by atoms with Crippen molar-refractivity contribution < 1.29 is 0 Å². The van der Waals surface area contributed by atoms with E-state index in [1.165, 1.54) is 29.3 Å². The molecule has 1 aliphatic heterocycles. The summed E-state index contributed by atoms with van der Waals surface area (Å²) < 4.78 is 0. The quantitative estimate of drug-likeness (QED) is 0.511. The van der Waals surface area contributed by atoms with E-state index in [0.29, 0.717) is 17.5 Å². The summed E-state index contributed by atoms with van der Waals surface area (Å²) in [6.07, 6.45) is 9.57. The summed E-state index contributed by atoms with van der Waals surface area (Å²) in [5.74, 6) is 0. The topological polar surface area (TPSA) is 0 Å². The molecule has 2 aliphatic carbocycles. The Bertz CT molecular complexity index is 898. The van der Waals surface area contributed by atoms with Crippen molar-refractivity contribution in [1.82, 2.24) is 0 Å². The zero-order valence-corrected chi connectivity index (χ0v) is 15.9. The third-order valence-corrected chi connectivity index (χ3v) is 7.66. The van der Waals surface area contributed by atoms with E-state index in [9.17, 15) is 0 Å². The van der Waals surface area contributed by atoms with Gasteiger partial charge in [0.1, 0.15) is 0 Å². The van der Waals surface area contributed by atoms with Crippen LogP contribution in [0.4, 0.5) is 0 Å². The molecule has 25 heavy (non-hydrogen) atoms. The lowest BCUT2D eigenvalue weighted by Gasteiger charge is -2.35. The van der Waals surface area contributed by atoms with Crippen molar-refractivity contribution in [2.24, 2.45) is 10.8 Å². The van der Waals surface area contributed by atoms with Gasteiger partial charge in [-0.3, -0.25) is 0 Å². The Hall–Kier alpha value is -1.76. The monoisotopic (exact) mass is 326 g/mol. The molecule has 2 aromatic carbocycles. The van der Waals surface area contributed by atoms with E-state index >= 15 is 0 Å². The SMILES string of the molecule is CC1(C)CB(c2cc3c(c4c2Cc2ccccc2-4)C=CC3)CC1(C)C. The van der Waals surface area contributed by atoms with Crippen LogP contribution in [-0.2, 0) is 12.8 Å². The molecule has 0 amide bonds. The van der Waals surface area contributed by atoms with Gasteiger partial charge in [0, 0.05) is 0 Å². The summed E-state index contributed by atoms with van der Waals surface area (Å²) in [7, 11) is 0. The van der Waals surface area contributed by atoms with Gasteiger partial charge in [-0.15, -0.1) is 0 Å². The van der Waals surface area contributed by atoms with Gasteiger partial charge in [0.25, 0.3) is 0 Å². The second kappa shape index (κ2) is 4.90. The maximum absolute atomic E-state index is 2.57. The van der Waals surface area contributed by atoms with Crippen LogP contribution in [0.25, 0.3) is 17.2 Å². The van der Waals surface area contributed by atoms with Crippen LogP contribution in [0.3, 0.4) is 0 Å². The third-order valence-electron chi connectivity index (χ3n) is 7.66. The number of rotatable bonds is 1. The molecule has 1 fully saturated rings. The smallest absolute Gasteiger partial charge is 0.0795 e. The Balaban J connectivity index is 1.70. The minimum atomic E-state index is 0.410. The largest absolute Gasteiger partial charge is 0.177 e. The van der Waals surface area contributed by atoms with Crippen LogP contribution in [0.15, 0.2) is 36.4 Å². The molecule has 126 valence electrons. The van der Waals surface area contributed by atoms with Crippen molar-refractivity contribution in [3.8, 4) is 11.1 Å². The number of hydrogen-bond donors (Lipinski definition) is 0. The van der Waals surface area contributed by atoms with Crippen molar-refractivity contribution in [3.05, 3.63) is 58.7 Å². The van der Waals surface area contributed by atoms with Gasteiger partial charge in [0.2, 0.25) is 0 Å². The predicted molar refractivity (Wildman–Crippen MR) is 110 cm³/mol. The molecule has 2 aromatic rings. The van der Waals surface area contributed by atoms with Crippen molar-refractivity contribution >= 4 is 18.3 Å². The molecule has 3 aliphatic rings. The number of hydrogen-bond acceptors (Lipinski definition) is 0. The van der Waals surface area contributed by atoms with Gasteiger partial charge in [-0.1, -0.05) is 88.3 Å². The normalized spacial score (nSPS) is 21.4. The van der Waals surface area contributed by atoms with Crippen molar-refractivity contribution in [2.75, 3.05) is 0 Å². The van der Waals surface area contributed by atoms with Crippen molar-refractivity contribution in [3.63, 3.8) is 0 Å². The molecule has 1 heteroatoms. The van der Waals surface area contributed by atoms with Crippen LogP contribution >= 0.6 is 0 Å². The van der Waals surface area contributed by atoms with Gasteiger partial charge < -0.3 is 0 Å². The van der Waals surface area contributed by atoms with E-state index in [0.717, 1.165) is 12.8 Å². The average Bonchev–Trinajstić information content (AvgIpc) is 3.20. The van der Waals surface area contributed by atoms with Gasteiger partial charge in [-0.2, -0.15) is 0 Å². The van der Waals surface area contributed by atoms with Gasteiger partial charge in [0.05, 0.1) is 0 Å². The Kier molecular flexibility index (Phi) is 3.04. The summed E-state index contributed by atoms with van der Waals surface area (Å²) in [4.78, 5) is 0. The summed E-state index contributed by atoms with van der Waals surface area (Å²) >= 11 is 0. The van der Waals surface area contributed by atoms with E-state index in [1.54, 1.807) is 22.2 Å². The van der Waals surface area contributed by atoms with E-state index in [1.807, 2.05) is 0 Å². The van der Waals surface area contributed by atoms with Crippen LogP contribution in [0, 0.1) is 10.8 Å². The number of fused-ring (bicyclic) bond motifs is 5. The number of allylic oxidation sites excluding steroid dienone is 1. The Morgan fingerprint density at radius 3 is 2.40 bits per heavy atom. The van der Waals surface area contributed by atoms with E-state index in [2.05, 4.69) is 70.2 Å². The molecular weight excluding hydrogens is 299 g/mol. The van der Waals surface area contributed by atoms with Crippen LogP contribution in [-0.4, -0.2) is 6.71 Å². The highest BCUT2D eigenvalue weighted by atomic mass is 14.4. The summed E-state index contributed by atoms with van der Waals surface area (Å²) in [5, 5.41) is 0. The Labute approximate surface area is 152 Å². The first-order chi connectivity index (χ1) is 11.9. The highest BCUT2D eigenvalue weighted by Gasteiger charge is 2.49. The van der Waals surface area contributed by atoms with E-state index in [-0.39, 0.29) is 0 Å². The fourth-order valence-electron chi connectivity index (χ4n) is 5.53. The molecule has 0 aromatic heterocycles. The zero-order valence-electron chi connectivity index (χ0n) is 15.9. The molecule has 0 unspecified atom stereocenters. The van der Waals surface area contributed by atoms with Crippen molar-refractivity contribution in [2.45, 2.75) is 53.2 Å². The minimum absolute atomic E-state index is 0.410. The maximum Gasteiger partial charge on any atom is 0.177 e. The molecule has 0 nitrogen and oxygen atoms in total. The lowest BCUT2D eigenvalue weighted by molar-refractivity contribution is 0.177. The van der Waals surface area contributed by atoms with Gasteiger partial charge in [-0.25, -0.2) is 0 Å². The van der Waals surface area contributed by atoms with Crippen LogP contribution in [0.2, 0.25) is 12.6 Å². The molecule has 0 atom stereocenters. The first kappa shape index (κ1) is 15.5. The first-order valence-corrected chi connectivity index (χ1v) is 9.81. The Morgan fingerprint density at radius 2 is 1.64 bits per heavy atom. The second-order valence-electron chi connectivity index (χ2n) is 9.71. The molecule has 5 rings (SSSR count). The fourth-order valence-corrected chi connectivity index (χ4v) is 5.53. The number of benzene rings is 2. The third kappa shape index (κ3) is 2.08. The lowest BCUT2D eigenvalue weighted by atomic mass is 9.41. The Morgan fingerprint density at radius 1 is 0.920 bits per heavy atom. The zero-order chi connectivity index (χ0) is 17.4. The van der Waals surface area contributed by atoms with Crippen LogP contribution < -0.4 is 5.46 Å². The molecule has 1 saturated heterocycles. The van der Waals surface area contributed by atoms with Gasteiger partial charge in [0.15, 0.2) is 6.71 Å². The standard InChI is InChI=1S/C24H27B/c1-23(2)14-25(15-24(23,3)4)21-13-17-9-7-11-19(17)22-18-10-6-5-8-16(18)12-20(21)22/h5-8,10-11,13H,9,12,14-15H2,1-4H3. The van der Waals surface area contributed by atoms with Gasteiger partial charge >= 0.3 is 0 Å². The summed E-state index contributed by atoms with van der Waals surface area (Å²) in [5.41, 5.74) is 11.7. The molecule has 0 spiro atoms. The predicted octanol–water partition coefficient (Wildman–Crippen LogP) is 5.59. The van der Waals surface area contributed by atoms with E-state index < -0.39 is 0 Å².